The summed E-state index contributed by atoms with van der Waals surface area (Å²) in [4.78, 5) is 32.5. The monoisotopic (exact) mass is 484 g/mol. The zero-order chi connectivity index (χ0) is 23.6. The maximum atomic E-state index is 12.9. The molecule has 12 heteroatoms. The van der Waals surface area contributed by atoms with E-state index in [2.05, 4.69) is 10.6 Å². The summed E-state index contributed by atoms with van der Waals surface area (Å²) in [5.74, 6) is -0.447. The highest BCUT2D eigenvalue weighted by Crippen LogP contribution is 2.32. The third kappa shape index (κ3) is 5.36. The SMILES string of the molecule is CN1OC(C(F)(F)F)NC1c1ccc(C(=O)NCC2COCCN2C(=O)c2cccs2)cc1. The first kappa shape index (κ1) is 23.6. The fraction of sp³-hybridized carbons (Fsp3) is 0.429. The van der Waals surface area contributed by atoms with Crippen molar-refractivity contribution in [3.63, 3.8) is 0 Å². The maximum absolute atomic E-state index is 12.9. The summed E-state index contributed by atoms with van der Waals surface area (Å²) in [7, 11) is 1.40. The van der Waals surface area contributed by atoms with E-state index in [4.69, 9.17) is 9.57 Å². The van der Waals surface area contributed by atoms with Crippen LogP contribution in [0, 0.1) is 0 Å². The molecular formula is C21H23F3N4O4S. The Morgan fingerprint density at radius 3 is 2.64 bits per heavy atom. The minimum atomic E-state index is -4.54. The van der Waals surface area contributed by atoms with Gasteiger partial charge in [0.15, 0.2) is 0 Å². The van der Waals surface area contributed by atoms with Gasteiger partial charge in [-0.1, -0.05) is 18.2 Å². The van der Waals surface area contributed by atoms with Gasteiger partial charge in [0.2, 0.25) is 6.23 Å². The van der Waals surface area contributed by atoms with E-state index in [0.717, 1.165) is 5.06 Å². The molecule has 3 atom stereocenters. The van der Waals surface area contributed by atoms with Gasteiger partial charge in [-0.15, -0.1) is 11.3 Å². The minimum Gasteiger partial charge on any atom is -0.377 e. The molecule has 4 rings (SSSR count). The number of nitrogens with one attached hydrogen (secondary N) is 2. The zero-order valence-electron chi connectivity index (χ0n) is 17.7. The van der Waals surface area contributed by atoms with Gasteiger partial charge in [0.25, 0.3) is 11.8 Å². The van der Waals surface area contributed by atoms with E-state index < -0.39 is 18.6 Å². The fourth-order valence-corrected chi connectivity index (χ4v) is 4.41. The number of amides is 2. The molecule has 3 unspecified atom stereocenters. The Morgan fingerprint density at radius 2 is 2.00 bits per heavy atom. The number of nitrogens with zero attached hydrogens (tertiary/aromatic N) is 2. The molecule has 2 N–H and O–H groups in total. The smallest absolute Gasteiger partial charge is 0.377 e. The highest BCUT2D eigenvalue weighted by molar-refractivity contribution is 7.12. The van der Waals surface area contributed by atoms with E-state index in [1.807, 2.05) is 11.4 Å². The lowest BCUT2D eigenvalue weighted by Gasteiger charge is -2.35. The van der Waals surface area contributed by atoms with Crippen LogP contribution < -0.4 is 10.6 Å². The molecule has 2 aromatic rings. The Hall–Kier alpha value is -2.51. The van der Waals surface area contributed by atoms with E-state index in [1.165, 1.54) is 30.5 Å². The second-order valence-electron chi connectivity index (χ2n) is 7.68. The Bertz CT molecular complexity index is 971. The fourth-order valence-electron chi connectivity index (χ4n) is 3.73. The van der Waals surface area contributed by atoms with Crippen molar-refractivity contribution < 1.29 is 32.3 Å². The molecule has 2 aliphatic heterocycles. The van der Waals surface area contributed by atoms with Crippen LogP contribution in [0.2, 0.25) is 0 Å². The molecular weight excluding hydrogens is 461 g/mol. The highest BCUT2D eigenvalue weighted by Gasteiger charge is 2.48. The van der Waals surface area contributed by atoms with E-state index >= 15 is 0 Å². The Kier molecular flexibility index (Phi) is 7.00. The first-order valence-electron chi connectivity index (χ1n) is 10.3. The van der Waals surface area contributed by atoms with E-state index in [-0.39, 0.29) is 24.4 Å². The van der Waals surface area contributed by atoms with Gasteiger partial charge in [0.05, 0.1) is 24.1 Å². The number of hydroxylamine groups is 2. The summed E-state index contributed by atoms with van der Waals surface area (Å²) in [5.41, 5.74) is 0.870. The summed E-state index contributed by atoms with van der Waals surface area (Å²) in [5, 5.41) is 8.11. The average molecular weight is 485 g/mol. The predicted molar refractivity (Wildman–Crippen MR) is 113 cm³/mol. The van der Waals surface area contributed by atoms with Crippen LogP contribution in [0.5, 0.6) is 0 Å². The van der Waals surface area contributed by atoms with E-state index in [9.17, 15) is 22.8 Å². The standard InChI is InChI=1S/C21H23F3N4O4S/c1-27-17(26-20(32-27)21(22,23)24)13-4-6-14(7-5-13)18(29)25-11-15-12-31-9-8-28(15)19(30)16-3-2-10-33-16/h2-7,10,15,17,20,26H,8-9,11-12H2,1H3,(H,25,29). The summed E-state index contributed by atoms with van der Waals surface area (Å²) >= 11 is 1.36. The van der Waals surface area contributed by atoms with Crippen LogP contribution in [-0.2, 0) is 9.57 Å². The lowest BCUT2D eigenvalue weighted by molar-refractivity contribution is -0.264. The van der Waals surface area contributed by atoms with Gasteiger partial charge < -0.3 is 15.0 Å². The number of halogens is 3. The molecule has 8 nitrogen and oxygen atoms in total. The second-order valence-corrected chi connectivity index (χ2v) is 8.63. The molecule has 178 valence electrons. The molecule has 0 saturated carbocycles. The number of benzene rings is 1. The van der Waals surface area contributed by atoms with Gasteiger partial charge in [0.1, 0.15) is 6.17 Å². The molecule has 33 heavy (non-hydrogen) atoms. The quantitative estimate of drug-likeness (QED) is 0.678. The minimum absolute atomic E-state index is 0.0931. The molecule has 0 spiro atoms. The van der Waals surface area contributed by atoms with Crippen LogP contribution in [-0.4, -0.2) is 73.6 Å². The summed E-state index contributed by atoms with van der Waals surface area (Å²) in [6, 6.07) is 9.48. The summed E-state index contributed by atoms with van der Waals surface area (Å²) in [6.07, 6.45) is -7.43. The van der Waals surface area contributed by atoms with Gasteiger partial charge in [0, 0.05) is 25.7 Å². The van der Waals surface area contributed by atoms with Crippen molar-refractivity contribution in [3.05, 3.63) is 57.8 Å². The van der Waals surface area contributed by atoms with Gasteiger partial charge in [-0.2, -0.15) is 18.2 Å². The van der Waals surface area contributed by atoms with Gasteiger partial charge in [-0.05, 0) is 29.1 Å². The average Bonchev–Trinajstić information content (AvgIpc) is 3.47. The molecule has 2 saturated heterocycles. The third-order valence-electron chi connectivity index (χ3n) is 5.45. The van der Waals surface area contributed by atoms with Gasteiger partial charge in [-0.25, -0.2) is 0 Å². The molecule has 1 aromatic carbocycles. The number of hydrogen-bond donors (Lipinski definition) is 2. The predicted octanol–water partition coefficient (Wildman–Crippen LogP) is 2.37. The maximum Gasteiger partial charge on any atom is 0.430 e. The van der Waals surface area contributed by atoms with Crippen LogP contribution in [0.4, 0.5) is 13.2 Å². The molecule has 2 amide bonds. The van der Waals surface area contributed by atoms with E-state index in [0.29, 0.717) is 35.8 Å². The lowest BCUT2D eigenvalue weighted by atomic mass is 10.1. The highest BCUT2D eigenvalue weighted by atomic mass is 32.1. The number of morpholine rings is 1. The Morgan fingerprint density at radius 1 is 1.24 bits per heavy atom. The number of carbonyl (C=O) groups is 2. The third-order valence-corrected chi connectivity index (χ3v) is 6.31. The largest absolute Gasteiger partial charge is 0.430 e. The van der Waals surface area contributed by atoms with Crippen molar-refractivity contribution in [1.29, 1.82) is 0 Å². The van der Waals surface area contributed by atoms with Gasteiger partial charge >= 0.3 is 6.18 Å². The van der Waals surface area contributed by atoms with Crippen LogP contribution in [0.3, 0.4) is 0 Å². The van der Waals surface area contributed by atoms with E-state index in [1.54, 1.807) is 23.1 Å². The Balaban J connectivity index is 1.35. The van der Waals surface area contributed by atoms with Crippen LogP contribution >= 0.6 is 11.3 Å². The number of hydrogen-bond acceptors (Lipinski definition) is 7. The zero-order valence-corrected chi connectivity index (χ0v) is 18.5. The Labute approximate surface area is 192 Å². The van der Waals surface area contributed by atoms with Crippen LogP contribution in [0.25, 0.3) is 0 Å². The van der Waals surface area contributed by atoms with Crippen molar-refractivity contribution in [2.75, 3.05) is 33.4 Å². The number of alkyl halides is 3. The summed E-state index contributed by atoms with van der Waals surface area (Å²) in [6.45, 7) is 1.41. The first-order valence-corrected chi connectivity index (χ1v) is 11.1. The normalized spacial score (nSPS) is 24.1. The van der Waals surface area contributed by atoms with Crippen molar-refractivity contribution in [3.8, 4) is 0 Å². The lowest BCUT2D eigenvalue weighted by Crippen LogP contribution is -2.53. The molecule has 3 heterocycles. The second kappa shape index (κ2) is 9.77. The molecule has 0 radical (unpaired) electrons. The van der Waals surface area contributed by atoms with Crippen LogP contribution in [0.15, 0.2) is 41.8 Å². The summed E-state index contributed by atoms with van der Waals surface area (Å²) < 4.78 is 44.2. The first-order chi connectivity index (χ1) is 15.7. The molecule has 0 aliphatic carbocycles. The number of ether oxygens (including phenoxy) is 1. The van der Waals surface area contributed by atoms with Crippen molar-refractivity contribution in [2.45, 2.75) is 24.6 Å². The molecule has 0 bridgehead atoms. The van der Waals surface area contributed by atoms with Crippen molar-refractivity contribution in [1.82, 2.24) is 20.6 Å². The number of carbonyl (C=O) groups excluding carboxylic acids is 2. The molecule has 2 fully saturated rings. The van der Waals surface area contributed by atoms with Gasteiger partial charge in [-0.3, -0.25) is 19.7 Å². The van der Waals surface area contributed by atoms with Crippen molar-refractivity contribution >= 4 is 23.2 Å². The van der Waals surface area contributed by atoms with Crippen molar-refractivity contribution in [2.24, 2.45) is 0 Å². The molecule has 1 aromatic heterocycles. The number of rotatable bonds is 5. The topological polar surface area (TPSA) is 83.1 Å². The van der Waals surface area contributed by atoms with Crippen LogP contribution in [0.1, 0.15) is 31.8 Å². The number of thiophene rings is 1. The molecule has 2 aliphatic rings.